The highest BCUT2D eigenvalue weighted by atomic mass is 32.1. The molecule has 1 nitrogen and oxygen atoms in total. The number of hydrogen-bond acceptors (Lipinski definition) is 2. The minimum atomic E-state index is -0.00713. The van der Waals surface area contributed by atoms with E-state index >= 15 is 0 Å². The summed E-state index contributed by atoms with van der Waals surface area (Å²) in [6.07, 6.45) is 0. The molecule has 0 aliphatic carbocycles. The smallest absolute Gasteiger partial charge is 0.0648 e. The summed E-state index contributed by atoms with van der Waals surface area (Å²) in [5.41, 5.74) is 9.07. The summed E-state index contributed by atoms with van der Waals surface area (Å²) in [5, 5.41) is 0. The molecular formula is C16H21NS. The standard InChI is InChI=1S/C16H21NS/c1-11-7-5-6-8-12(11)15(17)13-9-10-14(18-13)16(2,3)4/h5-10,15H,17H2,1-4H3. The van der Waals surface area contributed by atoms with E-state index in [2.05, 4.69) is 64.1 Å². The Kier molecular flexibility index (Phi) is 3.60. The number of hydrogen-bond donors (Lipinski definition) is 1. The monoisotopic (exact) mass is 259 g/mol. The second-order valence-electron chi connectivity index (χ2n) is 5.79. The molecule has 1 heterocycles. The lowest BCUT2D eigenvalue weighted by molar-refractivity contribution is 0.604. The number of rotatable bonds is 2. The van der Waals surface area contributed by atoms with E-state index in [1.54, 1.807) is 0 Å². The third kappa shape index (κ3) is 2.65. The predicted octanol–water partition coefficient (Wildman–Crippen LogP) is 4.40. The molecule has 2 rings (SSSR count). The average Bonchev–Trinajstić information content (AvgIpc) is 2.77. The van der Waals surface area contributed by atoms with Crippen molar-refractivity contribution in [2.45, 2.75) is 39.2 Å². The molecule has 1 atom stereocenters. The minimum absolute atomic E-state index is 0.00713. The molecule has 1 aromatic carbocycles. The summed E-state index contributed by atoms with van der Waals surface area (Å²) in [6, 6.07) is 12.7. The van der Waals surface area contributed by atoms with Crippen LogP contribution in [0, 0.1) is 6.92 Å². The third-order valence-electron chi connectivity index (χ3n) is 3.20. The Balaban J connectivity index is 2.33. The van der Waals surface area contributed by atoms with Gasteiger partial charge in [-0.25, -0.2) is 0 Å². The van der Waals surface area contributed by atoms with Gasteiger partial charge in [0.05, 0.1) is 6.04 Å². The predicted molar refractivity (Wildman–Crippen MR) is 80.2 cm³/mol. The van der Waals surface area contributed by atoms with Crippen LogP contribution in [-0.4, -0.2) is 0 Å². The van der Waals surface area contributed by atoms with Crippen LogP contribution in [0.2, 0.25) is 0 Å². The van der Waals surface area contributed by atoms with Crippen LogP contribution < -0.4 is 5.73 Å². The summed E-state index contributed by atoms with van der Waals surface area (Å²) in [4.78, 5) is 2.63. The highest BCUT2D eigenvalue weighted by molar-refractivity contribution is 7.12. The van der Waals surface area contributed by atoms with Crippen LogP contribution in [0.25, 0.3) is 0 Å². The lowest BCUT2D eigenvalue weighted by Crippen LogP contribution is -2.12. The van der Waals surface area contributed by atoms with Crippen molar-refractivity contribution in [1.29, 1.82) is 0 Å². The molecule has 0 aliphatic rings. The van der Waals surface area contributed by atoms with Gasteiger partial charge in [-0.2, -0.15) is 0 Å². The molecular weight excluding hydrogens is 238 g/mol. The number of benzene rings is 1. The van der Waals surface area contributed by atoms with Crippen LogP contribution in [0.3, 0.4) is 0 Å². The van der Waals surface area contributed by atoms with E-state index < -0.39 is 0 Å². The van der Waals surface area contributed by atoms with Crippen LogP contribution in [0.4, 0.5) is 0 Å². The second kappa shape index (κ2) is 4.87. The van der Waals surface area contributed by atoms with Crippen LogP contribution in [-0.2, 0) is 5.41 Å². The Morgan fingerprint density at radius 1 is 1.06 bits per heavy atom. The van der Waals surface area contributed by atoms with Crippen LogP contribution in [0.5, 0.6) is 0 Å². The summed E-state index contributed by atoms with van der Waals surface area (Å²) >= 11 is 1.83. The van der Waals surface area contributed by atoms with Crippen molar-refractivity contribution in [2.24, 2.45) is 5.73 Å². The molecule has 2 heteroatoms. The van der Waals surface area contributed by atoms with Gasteiger partial charge in [-0.1, -0.05) is 45.0 Å². The SMILES string of the molecule is Cc1ccccc1C(N)c1ccc(C(C)(C)C)s1. The molecule has 96 valence electrons. The van der Waals surface area contributed by atoms with Crippen molar-refractivity contribution >= 4 is 11.3 Å². The molecule has 0 saturated heterocycles. The van der Waals surface area contributed by atoms with Crippen LogP contribution >= 0.6 is 11.3 Å². The topological polar surface area (TPSA) is 26.0 Å². The van der Waals surface area contributed by atoms with E-state index in [0.717, 1.165) is 0 Å². The maximum Gasteiger partial charge on any atom is 0.0648 e. The van der Waals surface area contributed by atoms with E-state index in [1.807, 2.05) is 11.3 Å². The summed E-state index contributed by atoms with van der Waals surface area (Å²) < 4.78 is 0. The van der Waals surface area contributed by atoms with Crippen molar-refractivity contribution in [3.63, 3.8) is 0 Å². The zero-order valence-electron chi connectivity index (χ0n) is 11.5. The maximum absolute atomic E-state index is 6.38. The molecule has 0 aliphatic heterocycles. The molecule has 0 bridgehead atoms. The third-order valence-corrected chi connectivity index (χ3v) is 4.79. The van der Waals surface area contributed by atoms with Gasteiger partial charge in [0.2, 0.25) is 0 Å². The van der Waals surface area contributed by atoms with Gasteiger partial charge < -0.3 is 5.73 Å². The van der Waals surface area contributed by atoms with E-state index in [0.29, 0.717) is 0 Å². The lowest BCUT2D eigenvalue weighted by atomic mass is 9.95. The minimum Gasteiger partial charge on any atom is -0.320 e. The average molecular weight is 259 g/mol. The Labute approximate surface area is 114 Å². The molecule has 1 unspecified atom stereocenters. The van der Waals surface area contributed by atoms with Gasteiger partial charge in [-0.3, -0.25) is 0 Å². The second-order valence-corrected chi connectivity index (χ2v) is 6.90. The zero-order chi connectivity index (χ0) is 13.3. The van der Waals surface area contributed by atoms with Gasteiger partial charge in [0, 0.05) is 9.75 Å². The molecule has 0 fully saturated rings. The van der Waals surface area contributed by atoms with Gasteiger partial charge in [-0.05, 0) is 35.6 Å². The molecule has 1 aromatic heterocycles. The number of thiophene rings is 1. The number of nitrogens with two attached hydrogens (primary N) is 1. The molecule has 0 spiro atoms. The van der Waals surface area contributed by atoms with Crippen molar-refractivity contribution in [2.75, 3.05) is 0 Å². The molecule has 0 saturated carbocycles. The van der Waals surface area contributed by atoms with E-state index in [-0.39, 0.29) is 11.5 Å². The van der Waals surface area contributed by atoms with Gasteiger partial charge in [0.25, 0.3) is 0 Å². The maximum atomic E-state index is 6.38. The zero-order valence-corrected chi connectivity index (χ0v) is 12.3. The first-order valence-corrected chi connectivity index (χ1v) is 7.12. The van der Waals surface area contributed by atoms with Crippen LogP contribution in [0.1, 0.15) is 47.7 Å². The van der Waals surface area contributed by atoms with Gasteiger partial charge in [0.15, 0.2) is 0 Å². The first-order chi connectivity index (χ1) is 8.39. The Bertz CT molecular complexity index is 534. The normalized spacial score (nSPS) is 13.6. The highest BCUT2D eigenvalue weighted by Crippen LogP contribution is 2.34. The fraction of sp³-hybridized carbons (Fsp3) is 0.375. The Morgan fingerprint density at radius 3 is 2.28 bits per heavy atom. The molecule has 0 amide bonds. The van der Waals surface area contributed by atoms with E-state index in [9.17, 15) is 0 Å². The van der Waals surface area contributed by atoms with Crippen LogP contribution in [0.15, 0.2) is 36.4 Å². The van der Waals surface area contributed by atoms with Crippen molar-refractivity contribution in [3.05, 3.63) is 57.3 Å². The Hall–Kier alpha value is -1.12. The quantitative estimate of drug-likeness (QED) is 0.850. The summed E-state index contributed by atoms with van der Waals surface area (Å²) in [7, 11) is 0. The van der Waals surface area contributed by atoms with Gasteiger partial charge in [0.1, 0.15) is 0 Å². The first kappa shape index (κ1) is 13.3. The van der Waals surface area contributed by atoms with Gasteiger partial charge in [-0.15, -0.1) is 11.3 Å². The first-order valence-electron chi connectivity index (χ1n) is 6.31. The fourth-order valence-electron chi connectivity index (χ4n) is 2.01. The molecule has 0 radical (unpaired) electrons. The largest absolute Gasteiger partial charge is 0.320 e. The van der Waals surface area contributed by atoms with E-state index in [4.69, 9.17) is 5.73 Å². The molecule has 2 N–H and O–H groups in total. The number of aryl methyl sites for hydroxylation is 1. The molecule has 18 heavy (non-hydrogen) atoms. The van der Waals surface area contributed by atoms with Crippen molar-refractivity contribution < 1.29 is 0 Å². The lowest BCUT2D eigenvalue weighted by Gasteiger charge is -2.16. The molecule has 2 aromatic rings. The van der Waals surface area contributed by atoms with Crippen molar-refractivity contribution in [1.82, 2.24) is 0 Å². The summed E-state index contributed by atoms with van der Waals surface area (Å²) in [6.45, 7) is 8.83. The highest BCUT2D eigenvalue weighted by Gasteiger charge is 2.19. The van der Waals surface area contributed by atoms with E-state index in [1.165, 1.54) is 20.9 Å². The fourth-order valence-corrected chi connectivity index (χ4v) is 3.10. The Morgan fingerprint density at radius 2 is 1.72 bits per heavy atom. The van der Waals surface area contributed by atoms with Gasteiger partial charge >= 0.3 is 0 Å². The van der Waals surface area contributed by atoms with Crippen molar-refractivity contribution in [3.8, 4) is 0 Å². The summed E-state index contributed by atoms with van der Waals surface area (Å²) in [5.74, 6) is 0.